The number of nitrogens with one attached hydrogen (secondary N) is 3. The van der Waals surface area contributed by atoms with Gasteiger partial charge in [-0.05, 0) is 81.4 Å². The van der Waals surface area contributed by atoms with Gasteiger partial charge in [-0.3, -0.25) is 9.59 Å². The summed E-state index contributed by atoms with van der Waals surface area (Å²) in [5.41, 5.74) is 6.82. The molecule has 0 aliphatic rings. The number of benzene rings is 6. The Kier molecular flexibility index (Phi) is 10.8. The fraction of sp³-hybridized carbons (Fsp3) is 0.209. The van der Waals surface area contributed by atoms with Crippen LogP contribution in [0, 0.1) is 20.8 Å². The Bertz CT molecular complexity index is 2230. The molecule has 264 valence electrons. The molecule has 6 aromatic rings. The van der Waals surface area contributed by atoms with Crippen molar-refractivity contribution in [2.45, 2.75) is 46.1 Å². The lowest BCUT2D eigenvalue weighted by Gasteiger charge is -2.21. The molecule has 52 heavy (non-hydrogen) atoms. The Balaban J connectivity index is 1.14. The second-order valence-electron chi connectivity index (χ2n) is 13.2. The topological polar surface area (TPSA) is 123 Å². The summed E-state index contributed by atoms with van der Waals surface area (Å²) in [6, 6.07) is 34.6. The molecular weight excluding hydrogens is 654 g/mol. The van der Waals surface area contributed by atoms with Crippen LogP contribution < -0.4 is 16.1 Å². The number of carbonyl (C=O) groups is 4. The van der Waals surface area contributed by atoms with E-state index in [1.54, 1.807) is 13.8 Å². The van der Waals surface area contributed by atoms with Crippen LogP contribution in [0.4, 0.5) is 4.79 Å². The zero-order chi connectivity index (χ0) is 36.8. The van der Waals surface area contributed by atoms with Gasteiger partial charge < -0.3 is 20.2 Å². The van der Waals surface area contributed by atoms with Crippen molar-refractivity contribution in [1.29, 1.82) is 0 Å². The number of ether oxygens (including phenoxy) is 1. The van der Waals surface area contributed by atoms with Crippen LogP contribution in [-0.2, 0) is 25.6 Å². The van der Waals surface area contributed by atoms with Crippen molar-refractivity contribution < 1.29 is 28.8 Å². The van der Waals surface area contributed by atoms with Gasteiger partial charge in [-0.15, -0.1) is 0 Å². The summed E-state index contributed by atoms with van der Waals surface area (Å²) in [6.07, 6.45) is -0.631. The summed E-state index contributed by atoms with van der Waals surface area (Å²) in [6.45, 7) is 7.09. The molecule has 0 radical (unpaired) electrons. The average Bonchev–Trinajstić information content (AvgIpc) is 3.13. The van der Waals surface area contributed by atoms with Gasteiger partial charge in [0.2, 0.25) is 5.91 Å². The predicted octanol–water partition coefficient (Wildman–Crippen LogP) is 7.52. The first-order chi connectivity index (χ1) is 25.1. The lowest BCUT2D eigenvalue weighted by molar-refractivity contribution is -0.132. The summed E-state index contributed by atoms with van der Waals surface area (Å²) >= 11 is 0. The number of hydrogen-bond acceptors (Lipinski definition) is 6. The highest BCUT2D eigenvalue weighted by atomic mass is 16.7. The Labute approximate surface area is 302 Å². The molecule has 0 saturated carbocycles. The molecule has 0 saturated heterocycles. The summed E-state index contributed by atoms with van der Waals surface area (Å²) < 4.78 is 5.75. The lowest BCUT2D eigenvalue weighted by Crippen LogP contribution is -2.50. The molecule has 0 spiro atoms. The van der Waals surface area contributed by atoms with Crippen molar-refractivity contribution >= 4 is 56.2 Å². The summed E-state index contributed by atoms with van der Waals surface area (Å²) in [5, 5.41) is 11.6. The standard InChI is InChI=1S/C43H41N3O6/c1-26-20-27(2)39(28(3)21-26)42(49)52-46-38(47)24-44-41(48)37(23-33-16-11-15-30-12-5-8-17-34(30)33)45-43(50)51-25-29(4)40-35-18-9-6-13-31(35)22-32-14-7-10-19-36(32)40/h5-22,29,37H,23-25H2,1-4H3,(H,44,48)(H,45,50)(H,46,47)/t29?,37-/m0/s1. The van der Waals surface area contributed by atoms with E-state index in [2.05, 4.69) is 46.4 Å². The van der Waals surface area contributed by atoms with Crippen molar-refractivity contribution in [3.8, 4) is 0 Å². The van der Waals surface area contributed by atoms with Gasteiger partial charge in [-0.25, -0.2) is 9.59 Å². The van der Waals surface area contributed by atoms with Crippen LogP contribution in [0.2, 0.25) is 0 Å². The molecule has 0 heterocycles. The minimum Gasteiger partial charge on any atom is -0.449 e. The minimum absolute atomic E-state index is 0.0696. The number of carbonyl (C=O) groups excluding carboxylic acids is 4. The van der Waals surface area contributed by atoms with Gasteiger partial charge in [0, 0.05) is 12.3 Å². The highest BCUT2D eigenvalue weighted by molar-refractivity contribution is 6.03. The zero-order valence-electron chi connectivity index (χ0n) is 29.6. The maximum atomic E-state index is 13.6. The Morgan fingerprint density at radius 3 is 1.92 bits per heavy atom. The smallest absolute Gasteiger partial charge is 0.407 e. The van der Waals surface area contributed by atoms with E-state index in [-0.39, 0.29) is 18.9 Å². The molecule has 0 aliphatic carbocycles. The third-order valence-electron chi connectivity index (χ3n) is 9.24. The van der Waals surface area contributed by atoms with Gasteiger partial charge in [0.15, 0.2) is 0 Å². The van der Waals surface area contributed by atoms with Crippen molar-refractivity contribution in [3.05, 3.63) is 143 Å². The number of alkyl carbamates (subject to hydrolysis) is 1. The first-order valence-corrected chi connectivity index (χ1v) is 17.2. The molecule has 2 atom stereocenters. The van der Waals surface area contributed by atoms with Crippen LogP contribution in [0.3, 0.4) is 0 Å². The molecule has 0 bridgehead atoms. The van der Waals surface area contributed by atoms with Crippen molar-refractivity contribution in [1.82, 2.24) is 16.1 Å². The Morgan fingerprint density at radius 2 is 1.27 bits per heavy atom. The summed E-state index contributed by atoms with van der Waals surface area (Å²) in [4.78, 5) is 57.4. The predicted molar refractivity (Wildman–Crippen MR) is 203 cm³/mol. The molecular formula is C43H41N3O6. The van der Waals surface area contributed by atoms with E-state index >= 15 is 0 Å². The van der Waals surface area contributed by atoms with Crippen LogP contribution in [0.1, 0.15) is 51.0 Å². The van der Waals surface area contributed by atoms with Crippen LogP contribution in [0.15, 0.2) is 109 Å². The number of amides is 3. The van der Waals surface area contributed by atoms with Gasteiger partial charge in [-0.2, -0.15) is 5.48 Å². The van der Waals surface area contributed by atoms with Crippen molar-refractivity contribution in [3.63, 3.8) is 0 Å². The molecule has 3 amide bonds. The highest BCUT2D eigenvalue weighted by Gasteiger charge is 2.25. The SMILES string of the molecule is Cc1cc(C)c(C(=O)ONC(=O)CNC(=O)[C@H](Cc2cccc3ccccc23)NC(=O)OCC(C)c2c3ccccc3cc3ccccc23)c(C)c1. The monoisotopic (exact) mass is 695 g/mol. The highest BCUT2D eigenvalue weighted by Crippen LogP contribution is 2.34. The number of hydrogen-bond donors (Lipinski definition) is 3. The third kappa shape index (κ3) is 8.05. The van der Waals surface area contributed by atoms with E-state index in [0.29, 0.717) is 5.56 Å². The van der Waals surface area contributed by atoms with Gasteiger partial charge in [0.25, 0.3) is 5.91 Å². The fourth-order valence-corrected chi connectivity index (χ4v) is 6.93. The molecule has 9 heteroatoms. The first kappa shape index (κ1) is 35.6. The first-order valence-electron chi connectivity index (χ1n) is 17.2. The molecule has 6 aromatic carbocycles. The second kappa shape index (κ2) is 15.8. The molecule has 6 rings (SSSR count). The molecule has 1 unspecified atom stereocenters. The zero-order valence-corrected chi connectivity index (χ0v) is 29.6. The van der Waals surface area contributed by atoms with Crippen molar-refractivity contribution in [2.75, 3.05) is 13.2 Å². The van der Waals surface area contributed by atoms with Crippen LogP contribution >= 0.6 is 0 Å². The van der Waals surface area contributed by atoms with Crippen LogP contribution in [0.5, 0.6) is 0 Å². The Hall–Kier alpha value is -6.22. The van der Waals surface area contributed by atoms with E-state index in [4.69, 9.17) is 9.57 Å². The fourth-order valence-electron chi connectivity index (χ4n) is 6.93. The maximum Gasteiger partial charge on any atom is 0.407 e. The van der Waals surface area contributed by atoms with E-state index in [1.165, 1.54) is 0 Å². The van der Waals surface area contributed by atoms with Gasteiger partial charge in [-0.1, -0.05) is 116 Å². The summed E-state index contributed by atoms with van der Waals surface area (Å²) in [5.74, 6) is -2.22. The lowest BCUT2D eigenvalue weighted by atomic mass is 9.89. The second-order valence-corrected chi connectivity index (χ2v) is 13.2. The quantitative estimate of drug-likeness (QED) is 0.101. The normalized spacial score (nSPS) is 12.2. The summed E-state index contributed by atoms with van der Waals surface area (Å²) in [7, 11) is 0. The number of hydroxylamine groups is 1. The minimum atomic E-state index is -1.08. The van der Waals surface area contributed by atoms with Crippen molar-refractivity contribution in [2.24, 2.45) is 0 Å². The van der Waals surface area contributed by atoms with Crippen LogP contribution in [-0.4, -0.2) is 43.1 Å². The van der Waals surface area contributed by atoms with Gasteiger partial charge >= 0.3 is 12.1 Å². The van der Waals surface area contributed by atoms with E-state index < -0.39 is 36.5 Å². The van der Waals surface area contributed by atoms with Gasteiger partial charge in [0.1, 0.15) is 6.04 Å². The van der Waals surface area contributed by atoms with E-state index in [1.807, 2.05) is 92.7 Å². The molecule has 3 N–H and O–H groups in total. The number of aryl methyl sites for hydroxylation is 3. The van der Waals surface area contributed by atoms with E-state index in [9.17, 15) is 19.2 Å². The number of rotatable bonds is 10. The molecule has 0 aromatic heterocycles. The largest absolute Gasteiger partial charge is 0.449 e. The molecule has 0 aliphatic heterocycles. The third-order valence-corrected chi connectivity index (χ3v) is 9.24. The average molecular weight is 696 g/mol. The Morgan fingerprint density at radius 1 is 0.692 bits per heavy atom. The molecule has 0 fully saturated rings. The number of fused-ring (bicyclic) bond motifs is 3. The molecule has 9 nitrogen and oxygen atoms in total. The van der Waals surface area contributed by atoms with Crippen LogP contribution in [0.25, 0.3) is 32.3 Å². The maximum absolute atomic E-state index is 13.6. The van der Waals surface area contributed by atoms with E-state index in [0.717, 1.165) is 60.1 Å². The van der Waals surface area contributed by atoms with Gasteiger partial charge in [0.05, 0.1) is 18.7 Å².